The molecule has 0 radical (unpaired) electrons. The second-order valence-corrected chi connectivity index (χ2v) is 6.20. The average molecular weight is 342 g/mol. The summed E-state index contributed by atoms with van der Waals surface area (Å²) in [6.45, 7) is 4.07. The topological polar surface area (TPSA) is 33.7 Å². The van der Waals surface area contributed by atoms with E-state index in [-0.39, 0.29) is 6.04 Å². The van der Waals surface area contributed by atoms with Gasteiger partial charge in [0.2, 0.25) is 0 Å². The average Bonchev–Trinajstić information content (AvgIpc) is 2.66. The van der Waals surface area contributed by atoms with Crippen molar-refractivity contribution in [1.29, 1.82) is 0 Å². The van der Waals surface area contributed by atoms with Gasteiger partial charge in [0.1, 0.15) is 0 Å². The lowest BCUT2D eigenvalue weighted by Gasteiger charge is -2.29. The summed E-state index contributed by atoms with van der Waals surface area (Å²) in [5, 5.41) is 3.38. The van der Waals surface area contributed by atoms with Gasteiger partial charge >= 0.3 is 0 Å². The van der Waals surface area contributed by atoms with Gasteiger partial charge in [-0.15, -0.1) is 0 Å². The van der Waals surface area contributed by atoms with Crippen molar-refractivity contribution in [1.82, 2.24) is 10.2 Å². The predicted octanol–water partition coefficient (Wildman–Crippen LogP) is 3.09. The van der Waals surface area contributed by atoms with Crippen LogP contribution in [0.1, 0.15) is 22.7 Å². The maximum atomic E-state index is 5.26. The Morgan fingerprint density at radius 3 is 2.16 bits per heavy atom. The number of rotatable bonds is 11. The number of ether oxygens (including phenoxy) is 2. The summed E-state index contributed by atoms with van der Waals surface area (Å²) in [6, 6.07) is 19.7. The number of likely N-dealkylation sites (N-methyl/N-ethyl adjacent to an activating group) is 1. The van der Waals surface area contributed by atoms with Crippen LogP contribution in [-0.2, 0) is 16.0 Å². The highest BCUT2D eigenvalue weighted by Gasteiger charge is 2.18. The van der Waals surface area contributed by atoms with Crippen LogP contribution in [0.15, 0.2) is 54.6 Å². The van der Waals surface area contributed by atoms with Crippen molar-refractivity contribution >= 4 is 0 Å². The first-order valence-electron chi connectivity index (χ1n) is 8.79. The first-order valence-corrected chi connectivity index (χ1v) is 8.79. The molecule has 0 heterocycles. The van der Waals surface area contributed by atoms with Crippen LogP contribution in [0.2, 0.25) is 0 Å². The van der Waals surface area contributed by atoms with Crippen LogP contribution in [0, 0.1) is 0 Å². The molecule has 2 aromatic rings. The van der Waals surface area contributed by atoms with E-state index in [1.165, 1.54) is 16.7 Å². The Balaban J connectivity index is 2.11. The molecule has 1 unspecified atom stereocenters. The summed E-state index contributed by atoms with van der Waals surface area (Å²) in [7, 11) is 5.62. The molecule has 0 saturated heterocycles. The lowest BCUT2D eigenvalue weighted by molar-refractivity contribution is 0.148. The quantitative estimate of drug-likeness (QED) is 0.636. The fourth-order valence-corrected chi connectivity index (χ4v) is 2.93. The van der Waals surface area contributed by atoms with Gasteiger partial charge < -0.3 is 14.8 Å². The third-order valence-electron chi connectivity index (χ3n) is 4.31. The van der Waals surface area contributed by atoms with Gasteiger partial charge in [0.25, 0.3) is 0 Å². The van der Waals surface area contributed by atoms with E-state index in [0.29, 0.717) is 0 Å². The number of hydrogen-bond donors (Lipinski definition) is 1. The molecule has 2 aromatic carbocycles. The smallest absolute Gasteiger partial charge is 0.0600 e. The van der Waals surface area contributed by atoms with Crippen LogP contribution in [0.4, 0.5) is 0 Å². The normalized spacial score (nSPS) is 12.5. The highest BCUT2D eigenvalue weighted by atomic mass is 16.5. The van der Waals surface area contributed by atoms with Crippen LogP contribution in [0.25, 0.3) is 0 Å². The molecule has 0 spiro atoms. The molecule has 1 atom stereocenters. The summed E-state index contributed by atoms with van der Waals surface area (Å²) in [6.07, 6.45) is 0. The number of hydrogen-bond acceptors (Lipinski definition) is 4. The lowest BCUT2D eigenvalue weighted by Crippen LogP contribution is -2.28. The SMILES string of the molecule is COCCNCc1ccc(C(c2ccccc2)N(C)CCOC)cc1. The van der Waals surface area contributed by atoms with Crippen molar-refractivity contribution < 1.29 is 9.47 Å². The summed E-state index contributed by atoms with van der Waals surface area (Å²) in [5.74, 6) is 0. The van der Waals surface area contributed by atoms with Crippen molar-refractivity contribution in [3.05, 3.63) is 71.3 Å². The molecule has 1 N–H and O–H groups in total. The van der Waals surface area contributed by atoms with Crippen LogP contribution in [0.3, 0.4) is 0 Å². The van der Waals surface area contributed by atoms with Gasteiger partial charge in [0, 0.05) is 33.9 Å². The molecule has 4 nitrogen and oxygen atoms in total. The van der Waals surface area contributed by atoms with Gasteiger partial charge in [-0.05, 0) is 23.7 Å². The molecular weight excluding hydrogens is 312 g/mol. The Kier molecular flexibility index (Phi) is 8.63. The minimum Gasteiger partial charge on any atom is -0.383 e. The highest BCUT2D eigenvalue weighted by molar-refractivity contribution is 5.33. The Hall–Kier alpha value is -1.72. The minimum atomic E-state index is 0.229. The van der Waals surface area contributed by atoms with E-state index in [9.17, 15) is 0 Å². The maximum Gasteiger partial charge on any atom is 0.0600 e. The Morgan fingerprint density at radius 2 is 1.52 bits per heavy atom. The zero-order valence-corrected chi connectivity index (χ0v) is 15.6. The zero-order valence-electron chi connectivity index (χ0n) is 15.6. The fourth-order valence-electron chi connectivity index (χ4n) is 2.93. The molecule has 0 amide bonds. The van der Waals surface area contributed by atoms with E-state index in [1.807, 2.05) is 0 Å². The van der Waals surface area contributed by atoms with Crippen molar-refractivity contribution in [2.45, 2.75) is 12.6 Å². The van der Waals surface area contributed by atoms with Gasteiger partial charge in [0.15, 0.2) is 0 Å². The van der Waals surface area contributed by atoms with E-state index >= 15 is 0 Å². The molecule has 0 fully saturated rings. The number of benzene rings is 2. The van der Waals surface area contributed by atoms with Crippen molar-refractivity contribution in [3.63, 3.8) is 0 Å². The van der Waals surface area contributed by atoms with Crippen molar-refractivity contribution in [2.24, 2.45) is 0 Å². The van der Waals surface area contributed by atoms with Crippen LogP contribution < -0.4 is 5.32 Å². The minimum absolute atomic E-state index is 0.229. The van der Waals surface area contributed by atoms with Crippen molar-refractivity contribution in [2.75, 3.05) is 47.6 Å². The van der Waals surface area contributed by atoms with Crippen LogP contribution >= 0.6 is 0 Å². The van der Waals surface area contributed by atoms with E-state index < -0.39 is 0 Å². The van der Waals surface area contributed by atoms with Gasteiger partial charge in [-0.1, -0.05) is 54.6 Å². The summed E-state index contributed by atoms with van der Waals surface area (Å²) in [5.41, 5.74) is 3.88. The second-order valence-electron chi connectivity index (χ2n) is 6.20. The molecule has 2 rings (SSSR count). The van der Waals surface area contributed by atoms with Gasteiger partial charge in [-0.2, -0.15) is 0 Å². The highest BCUT2D eigenvalue weighted by Crippen LogP contribution is 2.27. The van der Waals surface area contributed by atoms with Crippen molar-refractivity contribution in [3.8, 4) is 0 Å². The lowest BCUT2D eigenvalue weighted by atomic mass is 9.96. The molecule has 0 aliphatic carbocycles. The van der Waals surface area contributed by atoms with E-state index in [1.54, 1.807) is 14.2 Å². The summed E-state index contributed by atoms with van der Waals surface area (Å²) >= 11 is 0. The van der Waals surface area contributed by atoms with Gasteiger partial charge in [-0.25, -0.2) is 0 Å². The first-order chi connectivity index (χ1) is 12.3. The largest absolute Gasteiger partial charge is 0.383 e. The predicted molar refractivity (Wildman–Crippen MR) is 103 cm³/mol. The Labute approximate surface area is 151 Å². The van der Waals surface area contributed by atoms with Crippen LogP contribution in [-0.4, -0.2) is 52.5 Å². The fraction of sp³-hybridized carbons (Fsp3) is 0.429. The van der Waals surface area contributed by atoms with Gasteiger partial charge in [-0.3, -0.25) is 4.90 Å². The third kappa shape index (κ3) is 6.25. The molecular formula is C21H30N2O2. The second kappa shape index (κ2) is 11.0. The Morgan fingerprint density at radius 1 is 0.880 bits per heavy atom. The molecule has 0 saturated carbocycles. The van der Waals surface area contributed by atoms with E-state index in [0.717, 1.165) is 32.8 Å². The number of methoxy groups -OCH3 is 2. The monoisotopic (exact) mass is 342 g/mol. The first kappa shape index (κ1) is 19.6. The van der Waals surface area contributed by atoms with E-state index in [2.05, 4.69) is 71.9 Å². The number of nitrogens with zero attached hydrogens (tertiary/aromatic N) is 1. The number of nitrogens with one attached hydrogen (secondary N) is 1. The zero-order chi connectivity index (χ0) is 17.9. The maximum absolute atomic E-state index is 5.26. The standard InChI is InChI=1S/C21H30N2O2/c1-23(14-16-25-3)21(19-7-5-4-6-8-19)20-11-9-18(10-12-20)17-22-13-15-24-2/h4-12,21-22H,13-17H2,1-3H3. The molecule has 0 aliphatic rings. The summed E-state index contributed by atoms with van der Waals surface area (Å²) < 4.78 is 10.3. The molecule has 136 valence electrons. The third-order valence-corrected chi connectivity index (χ3v) is 4.31. The Bertz CT molecular complexity index is 587. The molecule has 0 aliphatic heterocycles. The summed E-state index contributed by atoms with van der Waals surface area (Å²) in [4.78, 5) is 2.34. The molecule has 4 heteroatoms. The molecule has 0 aromatic heterocycles. The van der Waals surface area contributed by atoms with E-state index in [4.69, 9.17) is 9.47 Å². The molecule has 0 bridgehead atoms. The molecule has 25 heavy (non-hydrogen) atoms. The van der Waals surface area contributed by atoms with Gasteiger partial charge in [0.05, 0.1) is 19.3 Å². The van der Waals surface area contributed by atoms with Crippen LogP contribution in [0.5, 0.6) is 0 Å².